The zero-order chi connectivity index (χ0) is 19.2. The Morgan fingerprint density at radius 3 is 2.19 bits per heavy atom. The highest BCUT2D eigenvalue weighted by atomic mass is 28.4. The molecule has 3 rings (SSSR count). The van der Waals surface area contributed by atoms with Crippen LogP contribution in [0.2, 0.25) is 18.1 Å². The Bertz CT molecular complexity index is 684. The fourth-order valence-corrected chi connectivity index (χ4v) is 4.58. The van der Waals surface area contributed by atoms with Gasteiger partial charge in [0.2, 0.25) is 0 Å². The van der Waals surface area contributed by atoms with Crippen molar-refractivity contribution in [2.45, 2.75) is 50.9 Å². The lowest BCUT2D eigenvalue weighted by Gasteiger charge is -2.43. The molecule has 0 saturated carbocycles. The van der Waals surface area contributed by atoms with E-state index in [1.54, 1.807) is 24.3 Å². The lowest BCUT2D eigenvalue weighted by molar-refractivity contribution is -0.141. The number of nitrogens with zero attached hydrogens (tertiary/aromatic N) is 1. The number of hydrogen-bond acceptors (Lipinski definition) is 5. The van der Waals surface area contributed by atoms with Crippen LogP contribution in [0.5, 0.6) is 0 Å². The van der Waals surface area contributed by atoms with Gasteiger partial charge in [0.25, 0.3) is 11.8 Å². The second kappa shape index (κ2) is 6.56. The van der Waals surface area contributed by atoms with Crippen LogP contribution in [0, 0.1) is 0 Å². The van der Waals surface area contributed by atoms with Gasteiger partial charge >= 0.3 is 0 Å². The molecular weight excluding hydrogens is 350 g/mol. The molecule has 1 aromatic rings. The van der Waals surface area contributed by atoms with Crippen molar-refractivity contribution >= 4 is 20.1 Å². The molecule has 0 aromatic heterocycles. The van der Waals surface area contributed by atoms with E-state index in [1.807, 2.05) is 0 Å². The fraction of sp³-hybridized carbons (Fsp3) is 0.579. The van der Waals surface area contributed by atoms with Crippen molar-refractivity contribution in [3.63, 3.8) is 0 Å². The summed E-state index contributed by atoms with van der Waals surface area (Å²) in [5.41, 5.74) is 0.122. The normalized spacial score (nSPS) is 23.7. The van der Waals surface area contributed by atoms with Crippen LogP contribution in [0.3, 0.4) is 0 Å². The number of amides is 2. The molecule has 1 atom stereocenters. The third-order valence-corrected chi connectivity index (χ3v) is 10.1. The Morgan fingerprint density at radius 2 is 1.73 bits per heavy atom. The second-order valence-corrected chi connectivity index (χ2v) is 13.3. The molecule has 1 fully saturated rings. The topological polar surface area (TPSA) is 65.1 Å². The first-order valence-electron chi connectivity index (χ1n) is 8.95. The maximum Gasteiger partial charge on any atom is 0.285 e. The highest BCUT2D eigenvalue weighted by Gasteiger charge is 2.48. The summed E-state index contributed by atoms with van der Waals surface area (Å²) in [6, 6.07) is 6.75. The zero-order valence-electron chi connectivity index (χ0n) is 16.1. The van der Waals surface area contributed by atoms with E-state index >= 15 is 0 Å². The van der Waals surface area contributed by atoms with Gasteiger partial charge in [-0.15, -0.1) is 5.06 Å². The first kappa shape index (κ1) is 19.2. The fourth-order valence-electron chi connectivity index (χ4n) is 2.97. The largest absolute Gasteiger partial charge is 0.406 e. The lowest BCUT2D eigenvalue weighted by atomic mass is 10.1. The van der Waals surface area contributed by atoms with Gasteiger partial charge in [-0.2, -0.15) is 0 Å². The summed E-state index contributed by atoms with van der Waals surface area (Å²) in [6.45, 7) is 12.0. The van der Waals surface area contributed by atoms with Crippen molar-refractivity contribution in [2.75, 3.05) is 19.8 Å². The Labute approximate surface area is 155 Å². The molecule has 1 aromatic carbocycles. The van der Waals surface area contributed by atoms with E-state index in [-0.39, 0.29) is 11.6 Å². The van der Waals surface area contributed by atoms with Crippen LogP contribution in [0.25, 0.3) is 0 Å². The van der Waals surface area contributed by atoms with Crippen molar-refractivity contribution in [3.8, 4) is 0 Å². The summed E-state index contributed by atoms with van der Waals surface area (Å²) in [5.74, 6) is -0.848. The number of imide groups is 1. The number of benzene rings is 1. The van der Waals surface area contributed by atoms with E-state index in [2.05, 4.69) is 33.9 Å². The minimum Gasteiger partial charge on any atom is -0.406 e. The Balaban J connectivity index is 1.75. The average molecular weight is 378 g/mol. The number of fused-ring (bicyclic) bond motifs is 1. The minimum atomic E-state index is -2.06. The van der Waals surface area contributed by atoms with Crippen LogP contribution in [0.15, 0.2) is 24.3 Å². The summed E-state index contributed by atoms with van der Waals surface area (Å²) in [7, 11) is -2.06. The quantitative estimate of drug-likeness (QED) is 0.581. The monoisotopic (exact) mass is 377 g/mol. The van der Waals surface area contributed by atoms with Gasteiger partial charge in [-0.1, -0.05) is 32.9 Å². The smallest absolute Gasteiger partial charge is 0.285 e. The van der Waals surface area contributed by atoms with Crippen LogP contribution in [0.1, 0.15) is 47.9 Å². The SMILES string of the molecule is CC(C)(C)[Si](C)(C)OC1(CON2C(=O)c3ccccc3C2=O)CCOC1. The molecule has 6 nitrogen and oxygen atoms in total. The number of hydrogen-bond donors (Lipinski definition) is 0. The Hall–Kier alpha value is -1.54. The van der Waals surface area contributed by atoms with Crippen molar-refractivity contribution in [2.24, 2.45) is 0 Å². The van der Waals surface area contributed by atoms with Crippen molar-refractivity contribution in [3.05, 3.63) is 35.4 Å². The van der Waals surface area contributed by atoms with Gasteiger partial charge in [-0.25, -0.2) is 0 Å². The van der Waals surface area contributed by atoms with Gasteiger partial charge in [-0.05, 0) is 30.3 Å². The predicted octanol–water partition coefficient (Wildman–Crippen LogP) is 3.40. The molecule has 0 radical (unpaired) electrons. The van der Waals surface area contributed by atoms with Gasteiger partial charge in [0.1, 0.15) is 12.2 Å². The van der Waals surface area contributed by atoms with Gasteiger partial charge in [-0.3, -0.25) is 14.4 Å². The van der Waals surface area contributed by atoms with E-state index in [0.717, 1.165) is 5.06 Å². The summed E-state index contributed by atoms with van der Waals surface area (Å²) in [4.78, 5) is 30.7. The molecule has 142 valence electrons. The summed E-state index contributed by atoms with van der Waals surface area (Å²) in [5, 5.41) is 0.901. The number of carbonyl (C=O) groups is 2. The zero-order valence-corrected chi connectivity index (χ0v) is 17.1. The van der Waals surface area contributed by atoms with Crippen molar-refractivity contribution in [1.82, 2.24) is 5.06 Å². The molecule has 0 spiro atoms. The van der Waals surface area contributed by atoms with Crippen LogP contribution in [0.4, 0.5) is 0 Å². The molecule has 0 bridgehead atoms. The van der Waals surface area contributed by atoms with E-state index in [9.17, 15) is 9.59 Å². The maximum atomic E-state index is 12.5. The lowest BCUT2D eigenvalue weighted by Crippen LogP contribution is -2.53. The number of rotatable bonds is 5. The third-order valence-electron chi connectivity index (χ3n) is 5.56. The molecular formula is C19H27NO5Si. The first-order valence-corrected chi connectivity index (χ1v) is 11.9. The van der Waals surface area contributed by atoms with Crippen molar-refractivity contribution in [1.29, 1.82) is 0 Å². The van der Waals surface area contributed by atoms with Gasteiger partial charge in [0.15, 0.2) is 8.32 Å². The maximum absolute atomic E-state index is 12.5. The molecule has 2 aliphatic rings. The number of ether oxygens (including phenoxy) is 1. The molecule has 0 N–H and O–H groups in total. The van der Waals surface area contributed by atoms with Crippen LogP contribution in [-0.2, 0) is 14.0 Å². The number of hydroxylamine groups is 2. The molecule has 1 unspecified atom stereocenters. The average Bonchev–Trinajstić information content (AvgIpc) is 3.10. The Kier molecular flexibility index (Phi) is 4.85. The Morgan fingerprint density at radius 1 is 1.15 bits per heavy atom. The molecule has 2 aliphatic heterocycles. The second-order valence-electron chi connectivity index (χ2n) is 8.57. The van der Waals surface area contributed by atoms with E-state index < -0.39 is 25.7 Å². The van der Waals surface area contributed by atoms with Crippen LogP contribution >= 0.6 is 0 Å². The standard InChI is InChI=1S/C19H27NO5Si/c1-18(2,3)26(4,5)25-19(10-11-23-12-19)13-24-20-16(21)14-8-6-7-9-15(14)17(20)22/h6-9H,10-13H2,1-5H3. The summed E-state index contributed by atoms with van der Waals surface area (Å²) < 4.78 is 12.2. The van der Waals surface area contributed by atoms with Gasteiger partial charge < -0.3 is 9.16 Å². The summed E-state index contributed by atoms with van der Waals surface area (Å²) >= 11 is 0. The molecule has 7 heteroatoms. The molecule has 1 saturated heterocycles. The van der Waals surface area contributed by atoms with Crippen molar-refractivity contribution < 1.29 is 23.6 Å². The summed E-state index contributed by atoms with van der Waals surface area (Å²) in [6.07, 6.45) is 0.683. The van der Waals surface area contributed by atoms with Crippen LogP contribution in [-0.4, -0.2) is 50.6 Å². The molecule has 2 heterocycles. The predicted molar refractivity (Wildman–Crippen MR) is 99.3 cm³/mol. The molecule has 2 amide bonds. The highest BCUT2D eigenvalue weighted by Crippen LogP contribution is 2.41. The first-order chi connectivity index (χ1) is 12.1. The number of carbonyl (C=O) groups excluding carboxylic acids is 2. The van der Waals surface area contributed by atoms with E-state index in [4.69, 9.17) is 14.0 Å². The van der Waals surface area contributed by atoms with Gasteiger partial charge in [0, 0.05) is 13.0 Å². The molecule has 0 aliphatic carbocycles. The van der Waals surface area contributed by atoms with Crippen LogP contribution < -0.4 is 0 Å². The third kappa shape index (κ3) is 3.36. The minimum absolute atomic E-state index is 0.0398. The molecule has 26 heavy (non-hydrogen) atoms. The van der Waals surface area contributed by atoms with Gasteiger partial charge in [0.05, 0.1) is 17.7 Å². The van der Waals surface area contributed by atoms with E-state index in [1.165, 1.54) is 0 Å². The van der Waals surface area contributed by atoms with E-state index in [0.29, 0.717) is 30.8 Å². The highest BCUT2D eigenvalue weighted by molar-refractivity contribution is 6.74.